The molecule has 1 unspecified atom stereocenters. The van der Waals surface area contributed by atoms with Crippen molar-refractivity contribution in [3.05, 3.63) is 23.8 Å². The van der Waals surface area contributed by atoms with E-state index in [1.54, 1.807) is 11.0 Å². The third-order valence-corrected chi connectivity index (χ3v) is 3.72. The Labute approximate surface area is 117 Å². The minimum absolute atomic E-state index is 0.00310. The zero-order chi connectivity index (χ0) is 14.1. The number of ether oxygens (including phenoxy) is 1. The molecule has 3 rings (SSSR count). The molecule has 0 aliphatic carbocycles. The van der Waals surface area contributed by atoms with E-state index < -0.39 is 0 Å². The summed E-state index contributed by atoms with van der Waals surface area (Å²) < 4.78 is 5.22. The molecule has 0 saturated carbocycles. The molecule has 2 N–H and O–H groups in total. The molecule has 2 heterocycles. The Balaban J connectivity index is 1.72. The Morgan fingerprint density at radius 2 is 2.15 bits per heavy atom. The fraction of sp³-hybridized carbons (Fsp3) is 0.429. The Morgan fingerprint density at radius 3 is 2.90 bits per heavy atom. The van der Waals surface area contributed by atoms with Gasteiger partial charge in [-0.2, -0.15) is 0 Å². The van der Waals surface area contributed by atoms with E-state index in [9.17, 15) is 9.59 Å². The van der Waals surface area contributed by atoms with Crippen molar-refractivity contribution in [1.82, 2.24) is 4.90 Å². The molecule has 20 heavy (non-hydrogen) atoms. The third kappa shape index (κ3) is 2.34. The van der Waals surface area contributed by atoms with Gasteiger partial charge in [0.25, 0.3) is 0 Å². The van der Waals surface area contributed by atoms with Gasteiger partial charge in [-0.1, -0.05) is 0 Å². The van der Waals surface area contributed by atoms with E-state index in [1.165, 1.54) is 0 Å². The molecule has 6 nitrogen and oxygen atoms in total. The molecule has 1 fully saturated rings. The van der Waals surface area contributed by atoms with Crippen molar-refractivity contribution in [3.63, 3.8) is 0 Å². The van der Waals surface area contributed by atoms with Crippen LogP contribution in [0.5, 0.6) is 0 Å². The molecule has 2 aliphatic heterocycles. The van der Waals surface area contributed by atoms with Crippen molar-refractivity contribution >= 4 is 23.3 Å². The summed E-state index contributed by atoms with van der Waals surface area (Å²) in [6.07, 6.45) is 0. The van der Waals surface area contributed by atoms with Gasteiger partial charge in [0.1, 0.15) is 0 Å². The van der Waals surface area contributed by atoms with Gasteiger partial charge in [0, 0.05) is 24.5 Å². The van der Waals surface area contributed by atoms with Crippen LogP contribution >= 0.6 is 0 Å². The predicted molar refractivity (Wildman–Crippen MR) is 74.9 cm³/mol. The minimum Gasteiger partial charge on any atom is -0.378 e. The summed E-state index contributed by atoms with van der Waals surface area (Å²) in [6.45, 7) is 4.22. The van der Waals surface area contributed by atoms with E-state index in [1.807, 2.05) is 19.1 Å². The van der Waals surface area contributed by atoms with E-state index in [0.717, 1.165) is 11.3 Å². The summed E-state index contributed by atoms with van der Waals surface area (Å²) in [7, 11) is 0. The summed E-state index contributed by atoms with van der Waals surface area (Å²) in [6, 6.07) is 5.36. The highest BCUT2D eigenvalue weighted by Gasteiger charge is 2.27. The number of hydrogen-bond acceptors (Lipinski definition) is 3. The van der Waals surface area contributed by atoms with Crippen molar-refractivity contribution in [2.75, 3.05) is 36.9 Å². The molecule has 1 aromatic carbocycles. The Kier molecular flexibility index (Phi) is 3.31. The summed E-state index contributed by atoms with van der Waals surface area (Å²) in [5, 5.41) is 5.68. The molecule has 0 spiro atoms. The Bertz CT molecular complexity index is 553. The number of fused-ring (bicyclic) bond motifs is 1. The second kappa shape index (κ2) is 5.13. The predicted octanol–water partition coefficient (Wildman–Crippen LogP) is 1.61. The molecule has 106 valence electrons. The number of nitrogens with zero attached hydrogens (tertiary/aromatic N) is 1. The molecular formula is C14H17N3O3. The minimum atomic E-state index is -0.176. The number of benzene rings is 1. The van der Waals surface area contributed by atoms with Crippen LogP contribution in [0.15, 0.2) is 18.2 Å². The van der Waals surface area contributed by atoms with Crippen molar-refractivity contribution in [2.45, 2.75) is 12.8 Å². The summed E-state index contributed by atoms with van der Waals surface area (Å²) in [5.41, 5.74) is 2.46. The highest BCUT2D eigenvalue weighted by atomic mass is 16.5. The standard InChI is InChI=1S/C14H17N3O3/c1-9-11-8-10(2-3-12(11)16-13(9)18)15-14(19)17-4-6-20-7-5-17/h2-3,8-9H,4-7H2,1H3,(H,15,19)(H,16,18). The molecular weight excluding hydrogens is 258 g/mol. The number of carbonyl (C=O) groups is 2. The van der Waals surface area contributed by atoms with Gasteiger partial charge in [0.2, 0.25) is 5.91 Å². The van der Waals surface area contributed by atoms with Crippen molar-refractivity contribution in [2.24, 2.45) is 0 Å². The number of carbonyl (C=O) groups excluding carboxylic acids is 2. The maximum absolute atomic E-state index is 12.1. The van der Waals surface area contributed by atoms with Crippen LogP contribution in [0, 0.1) is 0 Å². The topological polar surface area (TPSA) is 70.7 Å². The first kappa shape index (κ1) is 12.9. The van der Waals surface area contributed by atoms with E-state index in [2.05, 4.69) is 10.6 Å². The van der Waals surface area contributed by atoms with Gasteiger partial charge < -0.3 is 20.3 Å². The second-order valence-electron chi connectivity index (χ2n) is 5.04. The van der Waals surface area contributed by atoms with Crippen LogP contribution in [0.25, 0.3) is 0 Å². The van der Waals surface area contributed by atoms with Gasteiger partial charge in [-0.25, -0.2) is 4.79 Å². The smallest absolute Gasteiger partial charge is 0.321 e. The van der Waals surface area contributed by atoms with Crippen LogP contribution in [0.3, 0.4) is 0 Å². The van der Waals surface area contributed by atoms with Gasteiger partial charge in [-0.15, -0.1) is 0 Å². The third-order valence-electron chi connectivity index (χ3n) is 3.72. The SMILES string of the molecule is CC1C(=O)Nc2ccc(NC(=O)N3CCOCC3)cc21. The molecule has 0 aromatic heterocycles. The van der Waals surface area contributed by atoms with Crippen LogP contribution in [0.1, 0.15) is 18.4 Å². The van der Waals surface area contributed by atoms with Crippen LogP contribution in [0.2, 0.25) is 0 Å². The molecule has 0 bridgehead atoms. The van der Waals surface area contributed by atoms with Gasteiger partial charge in [0.05, 0.1) is 19.1 Å². The van der Waals surface area contributed by atoms with E-state index in [0.29, 0.717) is 32.0 Å². The molecule has 1 atom stereocenters. The quantitative estimate of drug-likeness (QED) is 0.818. The fourth-order valence-electron chi connectivity index (χ4n) is 2.46. The summed E-state index contributed by atoms with van der Waals surface area (Å²) >= 11 is 0. The number of hydrogen-bond donors (Lipinski definition) is 2. The number of rotatable bonds is 1. The monoisotopic (exact) mass is 275 g/mol. The fourth-order valence-corrected chi connectivity index (χ4v) is 2.46. The lowest BCUT2D eigenvalue weighted by Crippen LogP contribution is -2.43. The highest BCUT2D eigenvalue weighted by Crippen LogP contribution is 2.34. The van der Waals surface area contributed by atoms with Crippen LogP contribution in [0.4, 0.5) is 16.2 Å². The zero-order valence-corrected chi connectivity index (χ0v) is 11.3. The summed E-state index contributed by atoms with van der Waals surface area (Å²) in [4.78, 5) is 25.4. The Morgan fingerprint density at radius 1 is 1.40 bits per heavy atom. The summed E-state index contributed by atoms with van der Waals surface area (Å²) in [5.74, 6) is -0.179. The van der Waals surface area contributed by atoms with Crippen molar-refractivity contribution < 1.29 is 14.3 Å². The van der Waals surface area contributed by atoms with Crippen LogP contribution < -0.4 is 10.6 Å². The second-order valence-corrected chi connectivity index (χ2v) is 5.04. The van der Waals surface area contributed by atoms with Crippen molar-refractivity contribution in [3.8, 4) is 0 Å². The molecule has 6 heteroatoms. The molecule has 1 aromatic rings. The first-order valence-electron chi connectivity index (χ1n) is 6.73. The maximum Gasteiger partial charge on any atom is 0.321 e. The number of amides is 3. The molecule has 2 aliphatic rings. The van der Waals surface area contributed by atoms with Crippen LogP contribution in [-0.2, 0) is 9.53 Å². The zero-order valence-electron chi connectivity index (χ0n) is 11.3. The maximum atomic E-state index is 12.1. The van der Waals surface area contributed by atoms with E-state index >= 15 is 0 Å². The number of urea groups is 1. The van der Waals surface area contributed by atoms with Gasteiger partial charge >= 0.3 is 6.03 Å². The van der Waals surface area contributed by atoms with E-state index in [4.69, 9.17) is 4.74 Å². The van der Waals surface area contributed by atoms with Gasteiger partial charge in [0.15, 0.2) is 0 Å². The van der Waals surface area contributed by atoms with E-state index in [-0.39, 0.29) is 17.9 Å². The highest BCUT2D eigenvalue weighted by molar-refractivity contribution is 6.03. The average Bonchev–Trinajstić information content (AvgIpc) is 2.75. The van der Waals surface area contributed by atoms with Gasteiger partial charge in [-0.3, -0.25) is 4.79 Å². The van der Waals surface area contributed by atoms with Crippen molar-refractivity contribution in [1.29, 1.82) is 0 Å². The lowest BCUT2D eigenvalue weighted by molar-refractivity contribution is -0.116. The molecule has 1 saturated heterocycles. The number of nitrogens with one attached hydrogen (secondary N) is 2. The van der Waals surface area contributed by atoms with Crippen LogP contribution in [-0.4, -0.2) is 43.1 Å². The Hall–Kier alpha value is -2.08. The lowest BCUT2D eigenvalue weighted by Gasteiger charge is -2.27. The average molecular weight is 275 g/mol. The normalized spacial score (nSPS) is 21.4. The lowest BCUT2D eigenvalue weighted by atomic mass is 10.0. The first-order chi connectivity index (χ1) is 9.65. The number of morpholine rings is 1. The first-order valence-corrected chi connectivity index (χ1v) is 6.73. The largest absolute Gasteiger partial charge is 0.378 e. The molecule has 3 amide bonds. The van der Waals surface area contributed by atoms with Gasteiger partial charge in [-0.05, 0) is 30.7 Å². The number of anilines is 2. The molecule has 0 radical (unpaired) electrons.